The lowest BCUT2D eigenvalue weighted by atomic mass is 10.0. The van der Waals surface area contributed by atoms with Gasteiger partial charge >= 0.3 is 7.82 Å². The quantitative estimate of drug-likeness (QED) is 0.0630. The molecular weight excluding hydrogens is 567 g/mol. The Balaban J connectivity index is 3.07. The lowest BCUT2D eigenvalue weighted by Gasteiger charge is -2.28. The van der Waals surface area contributed by atoms with Crippen LogP contribution in [0.2, 0.25) is 0 Å². The predicted octanol–water partition coefficient (Wildman–Crippen LogP) is -3.37. The van der Waals surface area contributed by atoms with Crippen LogP contribution in [-0.2, 0) is 37.9 Å². The number of phosphoric acid groups is 1. The molecule has 234 valence electrons. The fourth-order valence-electron chi connectivity index (χ4n) is 3.93. The van der Waals surface area contributed by atoms with Crippen LogP contribution in [0, 0.1) is 5.92 Å². The highest BCUT2D eigenvalue weighted by atomic mass is 31.2. The van der Waals surface area contributed by atoms with Gasteiger partial charge in [0.15, 0.2) is 0 Å². The van der Waals surface area contributed by atoms with Crippen molar-refractivity contribution in [2.45, 2.75) is 83.2 Å². The summed E-state index contributed by atoms with van der Waals surface area (Å²) in [5.74, 6) is -4.38. The maximum atomic E-state index is 13.2. The van der Waals surface area contributed by atoms with Crippen LogP contribution in [0.5, 0.6) is 0 Å². The van der Waals surface area contributed by atoms with Gasteiger partial charge in [0.1, 0.15) is 30.5 Å². The summed E-state index contributed by atoms with van der Waals surface area (Å²) in [5.41, 5.74) is 5.46. The topological polar surface area (TPSA) is 267 Å². The summed E-state index contributed by atoms with van der Waals surface area (Å²) in [7, 11) is -5.09. The monoisotopic (exact) mass is 608 g/mol. The molecule has 0 aromatic heterocycles. The van der Waals surface area contributed by atoms with Crippen LogP contribution < -0.4 is 27.0 Å². The van der Waals surface area contributed by atoms with Gasteiger partial charge in [0.25, 0.3) is 0 Å². The minimum Gasteiger partial charge on any atom is -0.394 e. The Bertz CT molecular complexity index is 1000. The number of nitrogens with two attached hydrogens (primary N) is 1. The minimum atomic E-state index is -5.09. The van der Waals surface area contributed by atoms with Crippen molar-refractivity contribution in [2.24, 2.45) is 11.7 Å². The maximum Gasteiger partial charge on any atom is 0.469 e. The van der Waals surface area contributed by atoms with Crippen molar-refractivity contribution in [3.05, 3.63) is 0 Å². The van der Waals surface area contributed by atoms with Crippen LogP contribution in [0.15, 0.2) is 0 Å². The van der Waals surface area contributed by atoms with Crippen molar-refractivity contribution < 1.29 is 52.7 Å². The van der Waals surface area contributed by atoms with E-state index in [2.05, 4.69) is 25.8 Å². The normalized spacial score (nSPS) is 19.0. The summed E-state index contributed by atoms with van der Waals surface area (Å²) in [5, 5.41) is 18.8. The van der Waals surface area contributed by atoms with Crippen LogP contribution in [-0.4, -0.2) is 112 Å². The van der Waals surface area contributed by atoms with Gasteiger partial charge in [-0.15, -0.1) is 0 Å². The smallest absolute Gasteiger partial charge is 0.394 e. The Morgan fingerprint density at radius 2 is 1.49 bits per heavy atom. The van der Waals surface area contributed by atoms with Crippen LogP contribution >= 0.6 is 7.82 Å². The highest BCUT2D eigenvalue weighted by molar-refractivity contribution is 7.46. The van der Waals surface area contributed by atoms with E-state index in [1.165, 1.54) is 18.7 Å². The van der Waals surface area contributed by atoms with Gasteiger partial charge in [-0.1, -0.05) is 13.8 Å². The molecule has 0 aliphatic carbocycles. The molecule has 0 spiro atoms. The van der Waals surface area contributed by atoms with Gasteiger partial charge in [-0.3, -0.25) is 28.5 Å². The van der Waals surface area contributed by atoms with Gasteiger partial charge < -0.3 is 51.6 Å². The molecule has 0 radical (unpaired) electrons. The van der Waals surface area contributed by atoms with E-state index >= 15 is 0 Å². The van der Waals surface area contributed by atoms with Gasteiger partial charge in [-0.05, 0) is 39.0 Å². The molecule has 18 heteroatoms. The second kappa shape index (κ2) is 16.5. The summed E-state index contributed by atoms with van der Waals surface area (Å²) in [6.07, 6.45) is 1.73. The Morgan fingerprint density at radius 3 is 2.00 bits per heavy atom. The molecule has 41 heavy (non-hydrogen) atoms. The van der Waals surface area contributed by atoms with E-state index in [4.69, 9.17) is 15.5 Å². The number of rotatable bonds is 16. The van der Waals surface area contributed by atoms with Crippen LogP contribution in [0.4, 0.5) is 0 Å². The first-order valence-corrected chi connectivity index (χ1v) is 14.6. The standard InChI is InChI=1S/C23H41N6O11P/c1-12(2)8-16(26-21(34)17(10-31)27-19(32)13(3)24)20(33)28-18(11-40-41(37,38)39)22(35)25-14(4)23(36)29-7-5-6-15(29)9-30/h9,12-18,31H,5-8,10-11,24H2,1-4H3,(H,25,35)(H,26,34)(H,27,32)(H,28,33)(H2,37,38,39)/t13-,14-,15-,16-,17-,18-/m0/s1. The van der Waals surface area contributed by atoms with Crippen LogP contribution in [0.25, 0.3) is 0 Å². The second-order valence-corrected chi connectivity index (χ2v) is 11.4. The van der Waals surface area contributed by atoms with Gasteiger partial charge in [0, 0.05) is 6.54 Å². The van der Waals surface area contributed by atoms with E-state index in [9.17, 15) is 38.4 Å². The number of carbonyl (C=O) groups excluding carboxylic acids is 6. The maximum absolute atomic E-state index is 13.2. The zero-order valence-electron chi connectivity index (χ0n) is 23.4. The SMILES string of the molecule is CC(C)C[C@H](NC(=O)[C@H](CO)NC(=O)[C@H](C)N)C(=O)N[C@@H](COP(=O)(O)O)C(=O)N[C@@H](C)C(=O)N1CCC[C@H]1C=O. The highest BCUT2D eigenvalue weighted by Crippen LogP contribution is 2.35. The molecule has 1 aliphatic rings. The average molecular weight is 609 g/mol. The molecule has 1 aliphatic heterocycles. The summed E-state index contributed by atoms with van der Waals surface area (Å²) >= 11 is 0. The molecule has 17 nitrogen and oxygen atoms in total. The zero-order chi connectivity index (χ0) is 31.5. The summed E-state index contributed by atoms with van der Waals surface area (Å²) < 4.78 is 15.7. The van der Waals surface area contributed by atoms with Gasteiger partial charge in [0.2, 0.25) is 29.5 Å². The summed E-state index contributed by atoms with van der Waals surface area (Å²) in [6, 6.07) is -7.27. The number of aliphatic hydroxyl groups is 1. The third-order valence-electron chi connectivity index (χ3n) is 6.08. The van der Waals surface area contributed by atoms with Gasteiger partial charge in [-0.2, -0.15) is 0 Å². The fraction of sp³-hybridized carbons (Fsp3) is 0.739. The number of nitrogens with one attached hydrogen (secondary N) is 4. The Hall–Kier alpha value is -2.95. The van der Waals surface area contributed by atoms with E-state index in [0.29, 0.717) is 25.7 Å². The molecule has 0 bridgehead atoms. The average Bonchev–Trinajstić information content (AvgIpc) is 3.36. The van der Waals surface area contributed by atoms with Crippen molar-refractivity contribution in [3.8, 4) is 0 Å². The number of aldehydes is 1. The molecule has 5 amide bonds. The first kappa shape index (κ1) is 36.1. The van der Waals surface area contributed by atoms with Gasteiger partial charge in [0.05, 0.1) is 25.3 Å². The number of carbonyl (C=O) groups is 6. The summed E-state index contributed by atoms with van der Waals surface area (Å²) in [6.45, 7) is 4.67. The third kappa shape index (κ3) is 12.2. The molecule has 6 atom stereocenters. The van der Waals surface area contributed by atoms with E-state index in [1.54, 1.807) is 13.8 Å². The molecular formula is C23H41N6O11P. The molecule has 0 saturated carbocycles. The Kier molecular flexibility index (Phi) is 14.5. The van der Waals surface area contributed by atoms with E-state index < -0.39 is 86.8 Å². The number of aliphatic hydroxyl groups excluding tert-OH is 1. The number of phosphoric ester groups is 1. The fourth-order valence-corrected chi connectivity index (χ4v) is 4.27. The number of nitrogens with zero attached hydrogens (tertiary/aromatic N) is 1. The largest absolute Gasteiger partial charge is 0.469 e. The minimum absolute atomic E-state index is 0.0293. The Morgan fingerprint density at radius 1 is 0.951 bits per heavy atom. The van der Waals surface area contributed by atoms with Crippen molar-refractivity contribution in [1.82, 2.24) is 26.2 Å². The lowest BCUT2D eigenvalue weighted by Crippen LogP contribution is -2.60. The number of likely N-dealkylation sites (tertiary alicyclic amines) is 1. The van der Waals surface area contributed by atoms with Crippen molar-refractivity contribution in [2.75, 3.05) is 19.8 Å². The van der Waals surface area contributed by atoms with Crippen molar-refractivity contribution in [1.29, 1.82) is 0 Å². The first-order valence-electron chi connectivity index (χ1n) is 13.0. The van der Waals surface area contributed by atoms with E-state index in [-0.39, 0.29) is 12.3 Å². The van der Waals surface area contributed by atoms with Crippen LogP contribution in [0.1, 0.15) is 47.0 Å². The van der Waals surface area contributed by atoms with Gasteiger partial charge in [-0.25, -0.2) is 4.57 Å². The number of hydrogen-bond donors (Lipinski definition) is 8. The highest BCUT2D eigenvalue weighted by Gasteiger charge is 2.35. The molecule has 0 aromatic carbocycles. The molecule has 1 saturated heterocycles. The van der Waals surface area contributed by atoms with E-state index in [1.807, 2.05) is 0 Å². The number of hydrogen-bond acceptors (Lipinski definition) is 10. The predicted molar refractivity (Wildman–Crippen MR) is 142 cm³/mol. The molecule has 0 aromatic rings. The molecule has 0 unspecified atom stereocenters. The van der Waals surface area contributed by atoms with Crippen LogP contribution in [0.3, 0.4) is 0 Å². The van der Waals surface area contributed by atoms with E-state index in [0.717, 1.165) is 0 Å². The lowest BCUT2D eigenvalue weighted by molar-refractivity contribution is -0.139. The summed E-state index contributed by atoms with van der Waals surface area (Å²) in [4.78, 5) is 94.3. The third-order valence-corrected chi connectivity index (χ3v) is 6.57. The number of amides is 5. The van der Waals surface area contributed by atoms with Crippen molar-refractivity contribution in [3.63, 3.8) is 0 Å². The molecule has 1 rings (SSSR count). The molecule has 1 heterocycles. The zero-order valence-corrected chi connectivity index (χ0v) is 24.3. The first-order chi connectivity index (χ1) is 19.0. The second-order valence-electron chi connectivity index (χ2n) is 10.2. The molecule has 1 fully saturated rings. The van der Waals surface area contributed by atoms with Crippen molar-refractivity contribution >= 4 is 43.6 Å². The molecule has 9 N–H and O–H groups in total. The Labute approximate surface area is 237 Å².